The fourth-order valence-electron chi connectivity index (χ4n) is 2.32. The van der Waals surface area contributed by atoms with Gasteiger partial charge in [0.25, 0.3) is 0 Å². The second-order valence-electron chi connectivity index (χ2n) is 4.91. The number of amides is 1. The summed E-state index contributed by atoms with van der Waals surface area (Å²) in [5.74, 6) is -1.03. The van der Waals surface area contributed by atoms with Crippen LogP contribution in [0, 0.1) is 11.7 Å². The van der Waals surface area contributed by atoms with Gasteiger partial charge in [-0.3, -0.25) is 4.79 Å². The first kappa shape index (κ1) is 15.4. The molecule has 1 amide bonds. The minimum Gasteiger partial charge on any atom is -0.338 e. The molecule has 1 atom stereocenters. The highest BCUT2D eigenvalue weighted by atomic mass is 79.9. The molecule has 1 aliphatic heterocycles. The van der Waals surface area contributed by atoms with E-state index in [2.05, 4.69) is 15.9 Å². The smallest absolute Gasteiger partial charge is 0.223 e. The number of hydrogen-bond donors (Lipinski definition) is 1. The molecule has 0 radical (unpaired) electrons. The second-order valence-corrected chi connectivity index (χ2v) is 7.42. The number of rotatable bonds is 4. The maximum Gasteiger partial charge on any atom is 0.223 e. The van der Waals surface area contributed by atoms with Gasteiger partial charge in [0.15, 0.2) is 0 Å². The first-order chi connectivity index (χ1) is 9.24. The van der Waals surface area contributed by atoms with Gasteiger partial charge in [0, 0.05) is 29.9 Å². The van der Waals surface area contributed by atoms with Crippen molar-refractivity contribution in [2.24, 2.45) is 11.1 Å². The first-order valence-electron chi connectivity index (χ1n) is 5.97. The van der Waals surface area contributed by atoms with Gasteiger partial charge in [-0.15, -0.1) is 0 Å². The molecular weight excluding hydrogens is 351 g/mol. The fraction of sp³-hybridized carbons (Fsp3) is 0.417. The molecule has 2 N–H and O–H groups in total. The zero-order valence-corrected chi connectivity index (χ0v) is 13.0. The Morgan fingerprint density at radius 2 is 2.15 bits per heavy atom. The van der Waals surface area contributed by atoms with Crippen LogP contribution in [0.5, 0.6) is 0 Å². The van der Waals surface area contributed by atoms with Gasteiger partial charge in [0.05, 0.1) is 5.75 Å². The van der Waals surface area contributed by atoms with Crippen LogP contribution in [0.4, 0.5) is 4.39 Å². The van der Waals surface area contributed by atoms with Crippen LogP contribution in [0.15, 0.2) is 22.7 Å². The van der Waals surface area contributed by atoms with Gasteiger partial charge in [-0.05, 0) is 23.8 Å². The Bertz CT molecular complexity index is 636. The average molecular weight is 365 g/mol. The summed E-state index contributed by atoms with van der Waals surface area (Å²) in [6, 6.07) is 4.25. The number of nitrogens with zero attached hydrogens (tertiary/aromatic N) is 1. The maximum absolute atomic E-state index is 13.2. The normalized spacial score (nSPS) is 19.6. The van der Waals surface area contributed by atoms with E-state index in [9.17, 15) is 17.6 Å². The molecule has 0 aliphatic carbocycles. The SMILES string of the molecule is NS(=O)(=O)CC1CC(=O)N(Cc2cc(F)ccc2Br)C1. The van der Waals surface area contributed by atoms with E-state index >= 15 is 0 Å². The van der Waals surface area contributed by atoms with Crippen LogP contribution in [0.3, 0.4) is 0 Å². The lowest BCUT2D eigenvalue weighted by molar-refractivity contribution is -0.128. The Balaban J connectivity index is 2.07. The first-order valence-corrected chi connectivity index (χ1v) is 8.47. The van der Waals surface area contributed by atoms with Crippen molar-refractivity contribution >= 4 is 31.9 Å². The standard InChI is InChI=1S/C12H14BrFN2O3S/c13-11-2-1-10(14)4-9(11)6-16-5-8(3-12(16)17)7-20(15,18)19/h1-2,4,8H,3,5-7H2,(H2,15,18,19). The molecule has 1 aliphatic rings. The monoisotopic (exact) mass is 364 g/mol. The number of primary sulfonamides is 1. The highest BCUT2D eigenvalue weighted by Gasteiger charge is 2.32. The molecule has 1 aromatic rings. The minimum atomic E-state index is -3.59. The zero-order valence-electron chi connectivity index (χ0n) is 10.6. The van der Waals surface area contributed by atoms with Crippen LogP contribution in [-0.2, 0) is 21.4 Å². The summed E-state index contributed by atoms with van der Waals surface area (Å²) >= 11 is 3.30. The van der Waals surface area contributed by atoms with Gasteiger partial charge in [-0.2, -0.15) is 0 Å². The van der Waals surface area contributed by atoms with Gasteiger partial charge in [0.2, 0.25) is 15.9 Å². The van der Waals surface area contributed by atoms with E-state index in [-0.39, 0.29) is 36.4 Å². The highest BCUT2D eigenvalue weighted by Crippen LogP contribution is 2.25. The molecule has 1 saturated heterocycles. The topological polar surface area (TPSA) is 80.5 Å². The summed E-state index contributed by atoms with van der Waals surface area (Å²) in [5, 5.41) is 4.99. The number of benzene rings is 1. The molecular formula is C12H14BrFN2O3S. The Morgan fingerprint density at radius 3 is 2.80 bits per heavy atom. The fourth-order valence-corrected chi connectivity index (χ4v) is 3.57. The van der Waals surface area contributed by atoms with Crippen molar-refractivity contribution in [2.45, 2.75) is 13.0 Å². The minimum absolute atomic E-state index is 0.144. The third kappa shape index (κ3) is 4.00. The maximum atomic E-state index is 13.2. The number of halogens is 2. The van der Waals surface area contributed by atoms with Crippen LogP contribution in [0.2, 0.25) is 0 Å². The quantitative estimate of drug-likeness (QED) is 0.872. The van der Waals surface area contributed by atoms with Crippen LogP contribution in [0.1, 0.15) is 12.0 Å². The summed E-state index contributed by atoms with van der Waals surface area (Å²) in [6.07, 6.45) is 0.156. The third-order valence-electron chi connectivity index (χ3n) is 3.13. The van der Waals surface area contributed by atoms with E-state index in [1.807, 2.05) is 0 Å². The molecule has 1 aromatic carbocycles. The molecule has 20 heavy (non-hydrogen) atoms. The number of likely N-dealkylation sites (tertiary alicyclic amines) is 1. The van der Waals surface area contributed by atoms with Gasteiger partial charge in [0.1, 0.15) is 5.82 Å². The van der Waals surface area contributed by atoms with Crippen molar-refractivity contribution in [1.82, 2.24) is 4.90 Å². The molecule has 0 spiro atoms. The summed E-state index contributed by atoms with van der Waals surface area (Å²) in [4.78, 5) is 13.4. The molecule has 0 saturated carbocycles. The Hall–Kier alpha value is -0.990. The number of carbonyl (C=O) groups excluding carboxylic acids is 1. The molecule has 8 heteroatoms. The van der Waals surface area contributed by atoms with Crippen molar-refractivity contribution in [3.8, 4) is 0 Å². The van der Waals surface area contributed by atoms with Gasteiger partial charge in [-0.25, -0.2) is 17.9 Å². The number of sulfonamides is 1. The zero-order chi connectivity index (χ0) is 14.9. The largest absolute Gasteiger partial charge is 0.338 e. The predicted octanol–water partition coefficient (Wildman–Crippen LogP) is 1.23. The van der Waals surface area contributed by atoms with Crippen molar-refractivity contribution in [3.05, 3.63) is 34.1 Å². The van der Waals surface area contributed by atoms with Crippen molar-refractivity contribution < 1.29 is 17.6 Å². The summed E-state index contributed by atoms with van der Waals surface area (Å²) in [5.41, 5.74) is 0.648. The van der Waals surface area contributed by atoms with Crippen LogP contribution < -0.4 is 5.14 Å². The van der Waals surface area contributed by atoms with Gasteiger partial charge in [-0.1, -0.05) is 15.9 Å². The summed E-state index contributed by atoms with van der Waals surface area (Å²) in [6.45, 7) is 0.566. The molecule has 1 fully saturated rings. The van der Waals surface area contributed by atoms with E-state index in [1.165, 1.54) is 17.0 Å². The Morgan fingerprint density at radius 1 is 1.45 bits per heavy atom. The molecule has 2 rings (SSSR count). The number of carbonyl (C=O) groups is 1. The molecule has 1 unspecified atom stereocenters. The molecule has 0 aromatic heterocycles. The van der Waals surface area contributed by atoms with Crippen molar-refractivity contribution in [1.29, 1.82) is 0 Å². The van der Waals surface area contributed by atoms with Crippen LogP contribution >= 0.6 is 15.9 Å². The van der Waals surface area contributed by atoms with E-state index < -0.39 is 10.0 Å². The molecule has 0 bridgehead atoms. The van der Waals surface area contributed by atoms with Gasteiger partial charge < -0.3 is 4.90 Å². The second kappa shape index (κ2) is 5.79. The van der Waals surface area contributed by atoms with Crippen LogP contribution in [0.25, 0.3) is 0 Å². The molecule has 5 nitrogen and oxygen atoms in total. The summed E-state index contributed by atoms with van der Waals surface area (Å²) in [7, 11) is -3.59. The van der Waals surface area contributed by atoms with Gasteiger partial charge >= 0.3 is 0 Å². The van der Waals surface area contributed by atoms with Crippen LogP contribution in [-0.4, -0.2) is 31.5 Å². The van der Waals surface area contributed by atoms with Crippen molar-refractivity contribution in [3.63, 3.8) is 0 Å². The number of nitrogens with two attached hydrogens (primary N) is 1. The average Bonchev–Trinajstić information content (AvgIpc) is 2.62. The molecule has 110 valence electrons. The Labute approximate surface area is 125 Å². The lowest BCUT2D eigenvalue weighted by atomic mass is 10.1. The number of hydrogen-bond acceptors (Lipinski definition) is 3. The van der Waals surface area contributed by atoms with Crippen molar-refractivity contribution in [2.75, 3.05) is 12.3 Å². The van der Waals surface area contributed by atoms with E-state index in [4.69, 9.17) is 5.14 Å². The highest BCUT2D eigenvalue weighted by molar-refractivity contribution is 9.10. The Kier molecular flexibility index (Phi) is 4.46. The lowest BCUT2D eigenvalue weighted by Crippen LogP contribution is -2.27. The summed E-state index contributed by atoms with van der Waals surface area (Å²) < 4.78 is 36.0. The third-order valence-corrected chi connectivity index (χ3v) is 4.84. The predicted molar refractivity (Wildman–Crippen MR) is 75.6 cm³/mol. The lowest BCUT2D eigenvalue weighted by Gasteiger charge is -2.17. The van der Waals surface area contributed by atoms with E-state index in [1.54, 1.807) is 6.07 Å². The molecule has 1 heterocycles. The van der Waals surface area contributed by atoms with E-state index in [0.717, 1.165) is 0 Å². The van der Waals surface area contributed by atoms with E-state index in [0.29, 0.717) is 16.6 Å².